The average molecular weight is 483 g/mol. The fourth-order valence-corrected chi connectivity index (χ4v) is 4.95. The van der Waals surface area contributed by atoms with Crippen molar-refractivity contribution < 1.29 is 9.53 Å². The molecule has 36 heavy (non-hydrogen) atoms. The van der Waals surface area contributed by atoms with Crippen LogP contribution in [-0.2, 0) is 11.2 Å². The largest absolute Gasteiger partial charge is 0.444 e. The Kier molecular flexibility index (Phi) is 5.21. The number of amides is 1. The predicted octanol–water partition coefficient (Wildman–Crippen LogP) is 5.45. The fourth-order valence-electron chi connectivity index (χ4n) is 4.95. The summed E-state index contributed by atoms with van der Waals surface area (Å²) < 4.78 is 7.56. The maximum Gasteiger partial charge on any atom is 0.408 e. The highest BCUT2D eigenvalue weighted by atomic mass is 16.6. The number of alkyl carbamates (subject to hydrolysis) is 1. The van der Waals surface area contributed by atoms with Crippen molar-refractivity contribution >= 4 is 23.1 Å². The smallest absolute Gasteiger partial charge is 0.408 e. The fraction of sp³-hybridized carbons (Fsp3) is 0.357. The molecule has 0 bridgehead atoms. The molecule has 0 aliphatic heterocycles. The molecule has 1 fully saturated rings. The second kappa shape index (κ2) is 8.33. The highest BCUT2D eigenvalue weighted by Crippen LogP contribution is 2.41. The number of nitrogens with two attached hydrogens (primary N) is 1. The van der Waals surface area contributed by atoms with Crippen LogP contribution in [0.4, 0.5) is 10.6 Å². The van der Waals surface area contributed by atoms with E-state index in [0.717, 1.165) is 52.3 Å². The van der Waals surface area contributed by atoms with Crippen LogP contribution in [0.1, 0.15) is 68.8 Å². The highest BCUT2D eigenvalue weighted by Gasteiger charge is 2.29. The Morgan fingerprint density at radius 2 is 1.94 bits per heavy atom. The van der Waals surface area contributed by atoms with E-state index in [2.05, 4.69) is 45.2 Å². The van der Waals surface area contributed by atoms with E-state index in [0.29, 0.717) is 11.7 Å². The minimum Gasteiger partial charge on any atom is -0.444 e. The molecule has 8 nitrogen and oxygen atoms in total. The van der Waals surface area contributed by atoms with Crippen molar-refractivity contribution in [3.8, 4) is 17.1 Å². The number of imidazole rings is 1. The van der Waals surface area contributed by atoms with E-state index >= 15 is 0 Å². The summed E-state index contributed by atoms with van der Waals surface area (Å²) in [5.41, 5.74) is 12.5. The van der Waals surface area contributed by atoms with Crippen LogP contribution in [-0.4, -0.2) is 31.2 Å². The lowest BCUT2D eigenvalue weighted by molar-refractivity contribution is 0.0503. The second-order valence-corrected chi connectivity index (χ2v) is 10.7. The van der Waals surface area contributed by atoms with Gasteiger partial charge in [0.15, 0.2) is 11.5 Å². The first-order valence-electron chi connectivity index (χ1n) is 12.5. The molecule has 3 aromatic heterocycles. The van der Waals surface area contributed by atoms with Gasteiger partial charge >= 0.3 is 6.09 Å². The number of nitrogens with zero attached hydrogens (tertiary/aromatic N) is 4. The molecule has 1 aromatic carbocycles. The van der Waals surface area contributed by atoms with Gasteiger partial charge in [-0.3, -0.25) is 4.57 Å². The van der Waals surface area contributed by atoms with Crippen LogP contribution in [0.2, 0.25) is 0 Å². The van der Waals surface area contributed by atoms with Gasteiger partial charge in [-0.05, 0) is 94.0 Å². The first-order chi connectivity index (χ1) is 17.3. The number of fused-ring (bicyclic) bond motifs is 2. The Bertz CT molecular complexity index is 1480. The minimum absolute atomic E-state index is 0.0727. The normalized spacial score (nSPS) is 17.2. The van der Waals surface area contributed by atoms with Gasteiger partial charge in [0.05, 0.1) is 11.6 Å². The molecule has 3 heterocycles. The van der Waals surface area contributed by atoms with E-state index in [9.17, 15) is 4.79 Å². The number of ether oxygens (including phenoxy) is 1. The summed E-state index contributed by atoms with van der Waals surface area (Å²) in [5.74, 6) is 1.68. The Morgan fingerprint density at radius 3 is 2.69 bits per heavy atom. The van der Waals surface area contributed by atoms with Gasteiger partial charge < -0.3 is 15.8 Å². The molecule has 0 unspecified atom stereocenters. The SMILES string of the molecule is CC(C)(C)OC(=O)N[C@H]1CCc2cc(-n3c(-c4cccnc4N)nc4ccc(C5CC5)nc43)ccc21. The monoisotopic (exact) mass is 482 g/mol. The number of hydrogen-bond acceptors (Lipinski definition) is 6. The first kappa shape index (κ1) is 22.5. The third-order valence-corrected chi connectivity index (χ3v) is 6.75. The van der Waals surface area contributed by atoms with Gasteiger partial charge in [-0.25, -0.2) is 19.7 Å². The van der Waals surface area contributed by atoms with E-state index in [1.54, 1.807) is 6.20 Å². The second-order valence-electron chi connectivity index (χ2n) is 10.7. The minimum atomic E-state index is -0.533. The van der Waals surface area contributed by atoms with Crippen molar-refractivity contribution in [2.45, 2.75) is 64.0 Å². The summed E-state index contributed by atoms with van der Waals surface area (Å²) >= 11 is 0. The van der Waals surface area contributed by atoms with E-state index in [-0.39, 0.29) is 6.04 Å². The Balaban J connectivity index is 1.42. The van der Waals surface area contributed by atoms with Crippen LogP contribution in [0.5, 0.6) is 0 Å². The number of anilines is 1. The molecule has 4 aromatic rings. The molecule has 8 heteroatoms. The molecule has 1 amide bonds. The molecule has 1 saturated carbocycles. The number of aromatic nitrogens is 4. The van der Waals surface area contributed by atoms with Crippen molar-refractivity contribution in [1.29, 1.82) is 0 Å². The lowest BCUT2D eigenvalue weighted by Crippen LogP contribution is -2.34. The Labute approximate surface area is 209 Å². The van der Waals surface area contributed by atoms with E-state index < -0.39 is 11.7 Å². The molecule has 0 saturated heterocycles. The van der Waals surface area contributed by atoms with Crippen LogP contribution in [0, 0.1) is 0 Å². The summed E-state index contributed by atoms with van der Waals surface area (Å²) in [4.78, 5) is 26.6. The van der Waals surface area contributed by atoms with Crippen molar-refractivity contribution in [3.05, 3.63) is 65.5 Å². The molecule has 2 aliphatic carbocycles. The Hall–Kier alpha value is -3.94. The van der Waals surface area contributed by atoms with Gasteiger partial charge in [0, 0.05) is 23.5 Å². The standard InChI is InChI=1S/C28H30N6O2/c1-28(2,3)36-27(35)33-22-11-8-17-15-18(9-10-19(17)22)34-25(20-5-4-14-30-24(20)29)32-23-13-12-21(16-6-7-16)31-26(23)34/h4-5,9-10,12-16,22H,6-8,11H2,1-3H3,(H2,29,30)(H,33,35)/t22-/m0/s1. The molecule has 1 atom stereocenters. The topological polar surface area (TPSA) is 108 Å². The van der Waals surface area contributed by atoms with Crippen molar-refractivity contribution in [1.82, 2.24) is 24.8 Å². The van der Waals surface area contributed by atoms with E-state index in [1.165, 1.54) is 18.4 Å². The number of benzene rings is 1. The van der Waals surface area contributed by atoms with Crippen molar-refractivity contribution in [2.24, 2.45) is 0 Å². The molecule has 0 spiro atoms. The quantitative estimate of drug-likeness (QED) is 0.400. The summed E-state index contributed by atoms with van der Waals surface area (Å²) in [6.07, 6.45) is 5.34. The third-order valence-electron chi connectivity index (χ3n) is 6.75. The third kappa shape index (κ3) is 4.17. The summed E-state index contributed by atoms with van der Waals surface area (Å²) in [6.45, 7) is 5.60. The van der Waals surface area contributed by atoms with Gasteiger partial charge in [0.1, 0.15) is 16.9 Å². The summed E-state index contributed by atoms with van der Waals surface area (Å²) in [6, 6.07) is 14.2. The van der Waals surface area contributed by atoms with Gasteiger partial charge in [0.25, 0.3) is 0 Å². The summed E-state index contributed by atoms with van der Waals surface area (Å²) in [5, 5.41) is 3.03. The molecular weight excluding hydrogens is 452 g/mol. The van der Waals surface area contributed by atoms with Gasteiger partial charge in [-0.2, -0.15) is 0 Å². The van der Waals surface area contributed by atoms with Crippen LogP contribution in [0.15, 0.2) is 48.7 Å². The van der Waals surface area contributed by atoms with Gasteiger partial charge in [0.2, 0.25) is 0 Å². The zero-order valence-corrected chi connectivity index (χ0v) is 20.8. The number of carbonyl (C=O) groups excluding carboxylic acids is 1. The number of rotatable bonds is 4. The zero-order chi connectivity index (χ0) is 25.0. The number of hydrogen-bond donors (Lipinski definition) is 2. The number of nitrogen functional groups attached to an aromatic ring is 1. The first-order valence-corrected chi connectivity index (χ1v) is 12.5. The molecule has 6 rings (SSSR count). The van der Waals surface area contributed by atoms with E-state index in [1.807, 2.05) is 32.9 Å². The number of aryl methyl sites for hydroxylation is 1. The molecule has 3 N–H and O–H groups in total. The van der Waals surface area contributed by atoms with Crippen LogP contribution >= 0.6 is 0 Å². The molecule has 2 aliphatic rings. The summed E-state index contributed by atoms with van der Waals surface area (Å²) in [7, 11) is 0. The number of carbonyl (C=O) groups is 1. The lowest BCUT2D eigenvalue weighted by Gasteiger charge is -2.22. The molecule has 0 radical (unpaired) electrons. The van der Waals surface area contributed by atoms with Crippen molar-refractivity contribution in [2.75, 3.05) is 5.73 Å². The maximum atomic E-state index is 12.4. The van der Waals surface area contributed by atoms with Gasteiger partial charge in [-0.15, -0.1) is 0 Å². The zero-order valence-electron chi connectivity index (χ0n) is 20.8. The van der Waals surface area contributed by atoms with E-state index in [4.69, 9.17) is 20.4 Å². The average Bonchev–Trinajstić information content (AvgIpc) is 3.51. The number of nitrogens with one attached hydrogen (secondary N) is 1. The Morgan fingerprint density at radius 1 is 1.11 bits per heavy atom. The van der Waals surface area contributed by atoms with Crippen LogP contribution in [0.25, 0.3) is 28.2 Å². The number of pyridine rings is 2. The lowest BCUT2D eigenvalue weighted by atomic mass is 10.1. The predicted molar refractivity (Wildman–Crippen MR) is 139 cm³/mol. The van der Waals surface area contributed by atoms with Crippen molar-refractivity contribution in [3.63, 3.8) is 0 Å². The maximum absolute atomic E-state index is 12.4. The highest BCUT2D eigenvalue weighted by molar-refractivity contribution is 5.83. The molecule has 184 valence electrons. The van der Waals surface area contributed by atoms with Crippen LogP contribution < -0.4 is 11.1 Å². The van der Waals surface area contributed by atoms with Crippen LogP contribution in [0.3, 0.4) is 0 Å². The molecular formula is C28H30N6O2. The van der Waals surface area contributed by atoms with Gasteiger partial charge in [-0.1, -0.05) is 6.07 Å².